The number of amides is 2. The molecule has 0 saturated carbocycles. The molecule has 2 unspecified atom stereocenters. The lowest BCUT2D eigenvalue weighted by Crippen LogP contribution is -2.37. The first kappa shape index (κ1) is 22.6. The van der Waals surface area contributed by atoms with E-state index in [-0.39, 0.29) is 30.5 Å². The van der Waals surface area contributed by atoms with E-state index in [1.165, 1.54) is 23.1 Å². The van der Waals surface area contributed by atoms with Crippen LogP contribution in [0.5, 0.6) is 11.5 Å². The molecule has 166 valence electrons. The van der Waals surface area contributed by atoms with Gasteiger partial charge in [0.25, 0.3) is 5.91 Å². The maximum Gasteiger partial charge on any atom is 0.256 e. The van der Waals surface area contributed by atoms with E-state index in [0.29, 0.717) is 24.7 Å². The van der Waals surface area contributed by atoms with Gasteiger partial charge in [0.05, 0.1) is 32.3 Å². The smallest absolute Gasteiger partial charge is 0.256 e. The van der Waals surface area contributed by atoms with Crippen LogP contribution in [0.4, 0.5) is 4.39 Å². The van der Waals surface area contributed by atoms with Crippen molar-refractivity contribution >= 4 is 11.8 Å². The Balaban J connectivity index is 1.92. The van der Waals surface area contributed by atoms with Gasteiger partial charge in [0.1, 0.15) is 17.3 Å². The Morgan fingerprint density at radius 3 is 2.55 bits per heavy atom. The fraction of sp³-hybridized carbons (Fsp3) is 0.391. The number of nitrogens with one attached hydrogen (secondary N) is 1. The first-order valence-electron chi connectivity index (χ1n) is 10.0. The van der Waals surface area contributed by atoms with Gasteiger partial charge in [0.15, 0.2) is 0 Å². The van der Waals surface area contributed by atoms with Crippen molar-refractivity contribution in [1.82, 2.24) is 10.2 Å². The number of benzene rings is 2. The molecule has 2 aromatic carbocycles. The van der Waals surface area contributed by atoms with E-state index in [9.17, 15) is 14.0 Å². The van der Waals surface area contributed by atoms with E-state index in [2.05, 4.69) is 5.32 Å². The first-order valence-corrected chi connectivity index (χ1v) is 10.0. The van der Waals surface area contributed by atoms with Gasteiger partial charge >= 0.3 is 0 Å². The summed E-state index contributed by atoms with van der Waals surface area (Å²) in [5.41, 5.74) is 0.780. The van der Waals surface area contributed by atoms with Crippen molar-refractivity contribution in [2.24, 2.45) is 5.92 Å². The highest BCUT2D eigenvalue weighted by Crippen LogP contribution is 2.39. The number of hydrogen-bond acceptors (Lipinski definition) is 5. The zero-order chi connectivity index (χ0) is 22.4. The second kappa shape index (κ2) is 10.3. The summed E-state index contributed by atoms with van der Waals surface area (Å²) in [5, 5.41) is 2.85. The van der Waals surface area contributed by atoms with Gasteiger partial charge in [-0.1, -0.05) is 18.2 Å². The number of halogens is 1. The van der Waals surface area contributed by atoms with Crippen molar-refractivity contribution in [3.63, 3.8) is 0 Å². The third-order valence-corrected chi connectivity index (χ3v) is 5.49. The molecule has 31 heavy (non-hydrogen) atoms. The lowest BCUT2D eigenvalue weighted by atomic mass is 9.87. The van der Waals surface area contributed by atoms with Crippen LogP contribution in [0.3, 0.4) is 0 Å². The minimum absolute atomic E-state index is 0.0108. The molecule has 0 spiro atoms. The predicted octanol–water partition coefficient (Wildman–Crippen LogP) is 2.46. The van der Waals surface area contributed by atoms with Crippen molar-refractivity contribution in [3.8, 4) is 11.5 Å². The second-order valence-electron chi connectivity index (χ2n) is 7.29. The number of carbonyl (C=O) groups excluding carboxylic acids is 2. The Kier molecular flexibility index (Phi) is 7.46. The molecule has 0 bridgehead atoms. The molecule has 8 heteroatoms. The zero-order valence-corrected chi connectivity index (χ0v) is 17.9. The van der Waals surface area contributed by atoms with Crippen LogP contribution in [0.25, 0.3) is 0 Å². The molecule has 0 aromatic heterocycles. The van der Waals surface area contributed by atoms with Gasteiger partial charge in [-0.05, 0) is 18.2 Å². The largest absolute Gasteiger partial charge is 0.497 e. The van der Waals surface area contributed by atoms with Crippen molar-refractivity contribution in [3.05, 3.63) is 59.4 Å². The summed E-state index contributed by atoms with van der Waals surface area (Å²) >= 11 is 0. The summed E-state index contributed by atoms with van der Waals surface area (Å²) < 4.78 is 30.0. The average molecular weight is 430 g/mol. The van der Waals surface area contributed by atoms with E-state index in [1.807, 2.05) is 6.07 Å². The van der Waals surface area contributed by atoms with E-state index >= 15 is 0 Å². The summed E-state index contributed by atoms with van der Waals surface area (Å²) in [6.07, 6.45) is 0. The summed E-state index contributed by atoms with van der Waals surface area (Å²) in [6, 6.07) is 11.2. The quantitative estimate of drug-likeness (QED) is 0.651. The predicted molar refractivity (Wildman–Crippen MR) is 113 cm³/mol. The summed E-state index contributed by atoms with van der Waals surface area (Å²) in [7, 11) is 4.66. The second-order valence-corrected chi connectivity index (χ2v) is 7.29. The Morgan fingerprint density at radius 2 is 1.87 bits per heavy atom. The van der Waals surface area contributed by atoms with Crippen LogP contribution in [-0.4, -0.2) is 64.3 Å². The van der Waals surface area contributed by atoms with Crippen LogP contribution >= 0.6 is 0 Å². The van der Waals surface area contributed by atoms with E-state index in [1.54, 1.807) is 39.5 Å². The van der Waals surface area contributed by atoms with Gasteiger partial charge in [-0.25, -0.2) is 4.39 Å². The van der Waals surface area contributed by atoms with Gasteiger partial charge in [-0.3, -0.25) is 9.59 Å². The van der Waals surface area contributed by atoms with E-state index < -0.39 is 17.6 Å². The van der Waals surface area contributed by atoms with Gasteiger partial charge in [-0.15, -0.1) is 0 Å². The molecule has 2 amide bonds. The topological polar surface area (TPSA) is 77.1 Å². The molecule has 0 radical (unpaired) electrons. The molecule has 2 aromatic rings. The van der Waals surface area contributed by atoms with Crippen molar-refractivity contribution in [2.75, 3.05) is 47.6 Å². The Bertz CT molecular complexity index is 936. The molecule has 3 rings (SSSR count). The molecule has 2 atom stereocenters. The molecule has 7 nitrogen and oxygen atoms in total. The highest BCUT2D eigenvalue weighted by molar-refractivity contribution is 5.95. The average Bonchev–Trinajstić information content (AvgIpc) is 3.24. The lowest BCUT2D eigenvalue weighted by molar-refractivity contribution is -0.125. The van der Waals surface area contributed by atoms with Gasteiger partial charge in [0, 0.05) is 44.3 Å². The molecule has 0 aliphatic carbocycles. The highest BCUT2D eigenvalue weighted by atomic mass is 19.1. The zero-order valence-electron chi connectivity index (χ0n) is 17.9. The molecule has 1 heterocycles. The van der Waals surface area contributed by atoms with E-state index in [0.717, 1.165) is 5.56 Å². The molecular weight excluding hydrogens is 403 g/mol. The molecule has 1 aliphatic heterocycles. The molecule has 1 fully saturated rings. The summed E-state index contributed by atoms with van der Waals surface area (Å²) in [4.78, 5) is 27.5. The minimum atomic E-state index is -0.584. The van der Waals surface area contributed by atoms with Crippen LogP contribution < -0.4 is 14.8 Å². The number of hydrogen-bond donors (Lipinski definition) is 1. The maximum atomic E-state index is 14.2. The lowest BCUT2D eigenvalue weighted by Gasteiger charge is -2.21. The molecule has 1 aliphatic rings. The molecular formula is C23H27FN2O5. The fourth-order valence-electron chi connectivity index (χ4n) is 3.89. The number of nitrogens with zero attached hydrogens (tertiary/aromatic N) is 1. The number of ether oxygens (including phenoxy) is 3. The highest BCUT2D eigenvalue weighted by Gasteiger charge is 2.42. The monoisotopic (exact) mass is 430 g/mol. The maximum absolute atomic E-state index is 14.2. The normalized spacial score (nSPS) is 18.0. The van der Waals surface area contributed by atoms with Gasteiger partial charge in [-0.2, -0.15) is 0 Å². The molecule has 1 saturated heterocycles. The Labute approximate surface area is 181 Å². The van der Waals surface area contributed by atoms with Crippen molar-refractivity contribution < 1.29 is 28.2 Å². The number of carbonyl (C=O) groups is 2. The Hall–Kier alpha value is -3.13. The number of rotatable bonds is 8. The van der Waals surface area contributed by atoms with Crippen molar-refractivity contribution in [2.45, 2.75) is 5.92 Å². The van der Waals surface area contributed by atoms with Crippen LogP contribution in [0.2, 0.25) is 0 Å². The SMILES string of the molecule is COCCNC(=O)C1CN(C(=O)c2ccccc2F)CC1c1ccc(OC)cc1OC. The number of methoxy groups -OCH3 is 3. The molecule has 1 N–H and O–H groups in total. The van der Waals surface area contributed by atoms with Crippen LogP contribution in [0.1, 0.15) is 21.8 Å². The number of likely N-dealkylation sites (tertiary alicyclic amines) is 1. The van der Waals surface area contributed by atoms with Crippen LogP contribution in [-0.2, 0) is 9.53 Å². The van der Waals surface area contributed by atoms with Gasteiger partial charge in [0.2, 0.25) is 5.91 Å². The van der Waals surface area contributed by atoms with Crippen LogP contribution in [0, 0.1) is 11.7 Å². The van der Waals surface area contributed by atoms with Gasteiger partial charge < -0.3 is 24.4 Å². The third-order valence-electron chi connectivity index (χ3n) is 5.49. The standard InChI is InChI=1S/C23H27FN2O5/c1-29-11-10-25-22(27)19-14-26(23(28)17-6-4-5-7-20(17)24)13-18(19)16-9-8-15(30-2)12-21(16)31-3/h4-9,12,18-19H,10-11,13-14H2,1-3H3,(H,25,27). The summed E-state index contributed by atoms with van der Waals surface area (Å²) in [6.45, 7) is 1.18. The van der Waals surface area contributed by atoms with E-state index in [4.69, 9.17) is 14.2 Å². The first-order chi connectivity index (χ1) is 15.0. The summed E-state index contributed by atoms with van der Waals surface area (Å²) in [5.74, 6) is -0.863. The third kappa shape index (κ3) is 4.96. The fourth-order valence-corrected chi connectivity index (χ4v) is 3.89. The Morgan fingerprint density at radius 1 is 1.10 bits per heavy atom. The minimum Gasteiger partial charge on any atom is -0.497 e. The van der Waals surface area contributed by atoms with Crippen molar-refractivity contribution in [1.29, 1.82) is 0 Å². The van der Waals surface area contributed by atoms with Crippen LogP contribution in [0.15, 0.2) is 42.5 Å².